The molecule has 0 heterocycles. The summed E-state index contributed by atoms with van der Waals surface area (Å²) in [6.07, 6.45) is 0. The maximum Gasteiger partial charge on any atom is 0.335 e. The van der Waals surface area contributed by atoms with Gasteiger partial charge < -0.3 is 25.4 Å². The van der Waals surface area contributed by atoms with Crippen LogP contribution in [0.2, 0.25) is 0 Å². The maximum absolute atomic E-state index is 11.1. The van der Waals surface area contributed by atoms with Gasteiger partial charge in [-0.3, -0.25) is 0 Å². The van der Waals surface area contributed by atoms with E-state index in [1.165, 1.54) is 19.2 Å². The molecule has 0 aromatic heterocycles. The standard InChI is InChI=1S/C8H8ClNO4S.C8H9NO2.ClHO3S/c1-10-6-3-2-5(8(11)12)4-7(6)15(9,13)14;1-9-7-4-2-6(3-5-7)8(10)11;1-4-5(2)3/h2-4,10H,1H3,(H,11,12);2-5,9H,1H3,(H,10,11);(H,2,3)/p-1. The Morgan fingerprint density at radius 3 is 1.77 bits per heavy atom. The van der Waals surface area contributed by atoms with Crippen LogP contribution < -0.4 is 10.6 Å². The summed E-state index contributed by atoms with van der Waals surface area (Å²) in [6, 6.07) is 10.2. The minimum Gasteiger partial charge on any atom is -0.749 e. The topological polar surface area (TPSA) is 182 Å². The van der Waals surface area contributed by atoms with Crippen LogP contribution in [0.3, 0.4) is 0 Å². The monoisotopic (exact) mass is 515 g/mol. The zero-order valence-corrected chi connectivity index (χ0v) is 19.0. The number of carboxylic acid groups (broad SMARTS) is 2. The van der Waals surface area contributed by atoms with Gasteiger partial charge in [-0.15, -0.1) is 0 Å². The number of rotatable bonds is 6. The molecule has 0 spiro atoms. The lowest BCUT2D eigenvalue weighted by atomic mass is 10.2. The van der Waals surface area contributed by atoms with Gasteiger partial charge in [-0.1, -0.05) is 0 Å². The number of carbonyl (C=O) groups is 2. The molecule has 0 bridgehead atoms. The third kappa shape index (κ3) is 11.0. The summed E-state index contributed by atoms with van der Waals surface area (Å²) in [6.45, 7) is 0. The molecule has 0 aliphatic rings. The van der Waals surface area contributed by atoms with Crippen LogP contribution in [0.15, 0.2) is 47.4 Å². The van der Waals surface area contributed by atoms with Crippen molar-refractivity contribution in [2.24, 2.45) is 0 Å². The first-order valence-electron chi connectivity index (χ1n) is 7.76. The van der Waals surface area contributed by atoms with Crippen molar-refractivity contribution >= 4 is 66.3 Å². The number of anilines is 2. The fraction of sp³-hybridized carbons (Fsp3) is 0.125. The minimum atomic E-state index is -3.96. The van der Waals surface area contributed by atoms with Gasteiger partial charge in [-0.05, 0) is 42.5 Å². The number of halogens is 2. The van der Waals surface area contributed by atoms with Crippen LogP contribution in [-0.4, -0.2) is 53.4 Å². The van der Waals surface area contributed by atoms with E-state index in [1.54, 1.807) is 31.3 Å². The molecule has 2 aromatic rings. The quantitative estimate of drug-likeness (QED) is 0.327. The summed E-state index contributed by atoms with van der Waals surface area (Å²) in [5.74, 6) is -2.10. The number of nitrogens with one attached hydrogen (secondary N) is 2. The molecule has 172 valence electrons. The van der Waals surface area contributed by atoms with E-state index in [4.69, 9.17) is 29.7 Å². The van der Waals surface area contributed by atoms with Gasteiger partial charge >= 0.3 is 11.9 Å². The molecule has 2 rings (SSSR count). The lowest BCUT2D eigenvalue weighted by molar-refractivity contribution is 0.0686. The number of carboxylic acids is 2. The Morgan fingerprint density at radius 1 is 1.00 bits per heavy atom. The van der Waals surface area contributed by atoms with Crippen LogP contribution in [0, 0.1) is 0 Å². The highest BCUT2D eigenvalue weighted by molar-refractivity contribution is 8.13. The van der Waals surface area contributed by atoms with E-state index >= 15 is 0 Å². The van der Waals surface area contributed by atoms with E-state index < -0.39 is 32.4 Å². The molecule has 0 fully saturated rings. The predicted molar refractivity (Wildman–Crippen MR) is 115 cm³/mol. The summed E-state index contributed by atoms with van der Waals surface area (Å²) in [5.41, 5.74) is 1.35. The Hall–Kier alpha value is -2.42. The first-order valence-corrected chi connectivity index (χ1v) is 11.4. The van der Waals surface area contributed by atoms with E-state index in [9.17, 15) is 18.0 Å². The molecule has 0 saturated carbocycles. The minimum absolute atomic E-state index is 0.131. The van der Waals surface area contributed by atoms with Crippen molar-refractivity contribution in [2.45, 2.75) is 4.90 Å². The van der Waals surface area contributed by atoms with Crippen molar-refractivity contribution < 1.29 is 40.7 Å². The van der Waals surface area contributed by atoms with Gasteiger partial charge in [0.2, 0.25) is 0 Å². The molecule has 11 nitrogen and oxygen atoms in total. The van der Waals surface area contributed by atoms with Crippen molar-refractivity contribution in [3.05, 3.63) is 53.6 Å². The van der Waals surface area contributed by atoms with E-state index in [2.05, 4.69) is 26.2 Å². The number of aromatic carboxylic acids is 2. The summed E-state index contributed by atoms with van der Waals surface area (Å²) < 4.78 is 43.4. The molecule has 0 saturated heterocycles. The van der Waals surface area contributed by atoms with E-state index in [-0.39, 0.29) is 16.1 Å². The van der Waals surface area contributed by atoms with Gasteiger partial charge in [0.25, 0.3) is 9.05 Å². The second kappa shape index (κ2) is 13.8. The third-order valence-electron chi connectivity index (χ3n) is 3.23. The molecule has 2 aromatic carbocycles. The molecule has 0 aliphatic carbocycles. The van der Waals surface area contributed by atoms with Gasteiger partial charge in [-0.2, -0.15) is 3.74 Å². The molecule has 4 N–H and O–H groups in total. The summed E-state index contributed by atoms with van der Waals surface area (Å²) in [4.78, 5) is 20.8. The van der Waals surface area contributed by atoms with Crippen LogP contribution in [0.1, 0.15) is 20.7 Å². The second-order valence-corrected chi connectivity index (χ2v) is 8.55. The normalized spacial score (nSPS) is 11.0. The third-order valence-corrected chi connectivity index (χ3v) is 5.01. The van der Waals surface area contributed by atoms with Crippen molar-refractivity contribution in [2.75, 3.05) is 24.7 Å². The summed E-state index contributed by atoms with van der Waals surface area (Å²) >= 11 is 1.67. The first kappa shape index (κ1) is 28.6. The van der Waals surface area contributed by atoms with E-state index in [0.717, 1.165) is 11.8 Å². The average molecular weight is 516 g/mol. The number of hydrogen-bond donors (Lipinski definition) is 4. The first-order chi connectivity index (χ1) is 14.4. The van der Waals surface area contributed by atoms with Crippen molar-refractivity contribution in [1.82, 2.24) is 0 Å². The highest BCUT2D eigenvalue weighted by Crippen LogP contribution is 2.25. The van der Waals surface area contributed by atoms with E-state index in [0.29, 0.717) is 5.56 Å². The zero-order chi connectivity index (χ0) is 24.2. The number of hydrogen-bond acceptors (Lipinski definition) is 9. The lowest BCUT2D eigenvalue weighted by Crippen LogP contribution is -2.03. The molecular formula is C16H17Cl2N2O9S2-. The highest BCUT2D eigenvalue weighted by Gasteiger charge is 2.17. The van der Waals surface area contributed by atoms with Gasteiger partial charge in [0, 0.05) is 30.5 Å². The largest absolute Gasteiger partial charge is 0.749 e. The highest BCUT2D eigenvalue weighted by atomic mass is 35.7. The van der Waals surface area contributed by atoms with Gasteiger partial charge in [0.05, 0.1) is 28.7 Å². The van der Waals surface area contributed by atoms with Crippen LogP contribution in [0.25, 0.3) is 0 Å². The van der Waals surface area contributed by atoms with Crippen molar-refractivity contribution in [3.8, 4) is 0 Å². The zero-order valence-electron chi connectivity index (χ0n) is 15.9. The Morgan fingerprint density at radius 2 is 1.45 bits per heavy atom. The Kier molecular flexibility index (Phi) is 12.7. The average Bonchev–Trinajstić information content (AvgIpc) is 2.73. The summed E-state index contributed by atoms with van der Waals surface area (Å²) in [5, 5.41) is 22.7. The van der Waals surface area contributed by atoms with Gasteiger partial charge in [-0.25, -0.2) is 22.2 Å². The SMILES string of the molecule is CNc1ccc(C(=O)O)cc1.CNc1ccc(C(=O)O)cc1S(=O)(=O)Cl.O=S([O-])OCl. The van der Waals surface area contributed by atoms with Crippen LogP contribution in [-0.2, 0) is 24.1 Å². The summed E-state index contributed by atoms with van der Waals surface area (Å²) in [7, 11) is 4.51. The van der Waals surface area contributed by atoms with Crippen molar-refractivity contribution in [3.63, 3.8) is 0 Å². The molecule has 0 amide bonds. The van der Waals surface area contributed by atoms with Crippen LogP contribution in [0.4, 0.5) is 11.4 Å². The van der Waals surface area contributed by atoms with Gasteiger partial charge in [0.15, 0.2) is 0 Å². The fourth-order valence-corrected chi connectivity index (χ4v) is 2.93. The molecule has 31 heavy (non-hydrogen) atoms. The fourth-order valence-electron chi connectivity index (χ4n) is 1.84. The van der Waals surface area contributed by atoms with Gasteiger partial charge in [0.1, 0.15) is 16.3 Å². The van der Waals surface area contributed by atoms with Crippen LogP contribution >= 0.6 is 22.5 Å². The molecule has 0 radical (unpaired) electrons. The second-order valence-electron chi connectivity index (χ2n) is 5.10. The lowest BCUT2D eigenvalue weighted by Gasteiger charge is -2.06. The molecular weight excluding hydrogens is 499 g/mol. The molecule has 15 heteroatoms. The molecule has 0 aliphatic heterocycles. The maximum atomic E-state index is 11.1. The molecule has 1 unspecified atom stereocenters. The van der Waals surface area contributed by atoms with Crippen LogP contribution in [0.5, 0.6) is 0 Å². The smallest absolute Gasteiger partial charge is 0.335 e. The molecule has 1 atom stereocenters. The number of benzene rings is 2. The predicted octanol–water partition coefficient (Wildman–Crippen LogP) is 2.73. The Bertz CT molecular complexity index is 1020. The van der Waals surface area contributed by atoms with E-state index in [1.807, 2.05) is 0 Å². The Balaban J connectivity index is 0.000000492. The van der Waals surface area contributed by atoms with Crippen molar-refractivity contribution in [1.29, 1.82) is 0 Å². The Labute approximate surface area is 190 Å².